The second-order valence-corrected chi connectivity index (χ2v) is 3.59. The molecule has 3 N–H and O–H groups in total. The summed E-state index contributed by atoms with van der Waals surface area (Å²) in [6.45, 7) is 2.65. The molecule has 0 saturated carbocycles. The molecular weight excluding hydrogens is 194 g/mol. The quantitative estimate of drug-likeness (QED) is 0.455. The summed E-state index contributed by atoms with van der Waals surface area (Å²) in [5.41, 5.74) is 6.59. The maximum Gasteiger partial charge on any atom is 0.193 e. The number of guanidine groups is 1. The molecule has 0 bridgehead atoms. The van der Waals surface area contributed by atoms with Crippen molar-refractivity contribution in [3.63, 3.8) is 0 Å². The van der Waals surface area contributed by atoms with Gasteiger partial charge in [-0.2, -0.15) is 0 Å². The molecule has 76 valence electrons. The fraction of sp³-hybridized carbons (Fsp3) is 0.300. The average Bonchev–Trinajstić information content (AvgIpc) is 2.19. The van der Waals surface area contributed by atoms with E-state index in [-0.39, 0.29) is 0 Å². The molecule has 0 fully saturated rings. The van der Waals surface area contributed by atoms with Gasteiger partial charge in [-0.1, -0.05) is 0 Å². The maximum absolute atomic E-state index is 5.62. The number of nitrogens with two attached hydrogens (primary N) is 1. The Kier molecular flexibility index (Phi) is 4.32. The van der Waals surface area contributed by atoms with E-state index in [9.17, 15) is 0 Å². The fourth-order valence-electron chi connectivity index (χ4n) is 1.03. The first kappa shape index (κ1) is 10.9. The lowest BCUT2D eigenvalue weighted by Gasteiger charge is -2.05. The Labute approximate surface area is 88.8 Å². The summed E-state index contributed by atoms with van der Waals surface area (Å²) >= 11 is 1.72. The molecule has 0 saturated heterocycles. The van der Waals surface area contributed by atoms with Crippen molar-refractivity contribution in [2.45, 2.75) is 11.8 Å². The van der Waals surface area contributed by atoms with Crippen molar-refractivity contribution in [2.24, 2.45) is 10.7 Å². The molecule has 1 rings (SSSR count). The Morgan fingerprint density at radius 3 is 2.57 bits per heavy atom. The van der Waals surface area contributed by atoms with Crippen LogP contribution >= 0.6 is 11.8 Å². The number of nitrogens with zero attached hydrogens (tertiary/aromatic N) is 1. The highest BCUT2D eigenvalue weighted by atomic mass is 32.2. The van der Waals surface area contributed by atoms with Crippen molar-refractivity contribution in [3.8, 4) is 0 Å². The first-order chi connectivity index (χ1) is 6.76. The summed E-state index contributed by atoms with van der Waals surface area (Å²) in [5, 5.41) is 3.01. The van der Waals surface area contributed by atoms with E-state index in [4.69, 9.17) is 5.73 Å². The first-order valence-corrected chi connectivity index (χ1v) is 5.69. The molecule has 0 aliphatic rings. The van der Waals surface area contributed by atoms with Crippen molar-refractivity contribution >= 4 is 23.4 Å². The monoisotopic (exact) mass is 209 g/mol. The highest BCUT2D eigenvalue weighted by Crippen LogP contribution is 2.17. The van der Waals surface area contributed by atoms with Crippen LogP contribution in [0.25, 0.3) is 0 Å². The van der Waals surface area contributed by atoms with Crippen LogP contribution in [-0.2, 0) is 0 Å². The largest absolute Gasteiger partial charge is 0.370 e. The van der Waals surface area contributed by atoms with Gasteiger partial charge in [-0.3, -0.25) is 4.99 Å². The van der Waals surface area contributed by atoms with Crippen molar-refractivity contribution in [3.05, 3.63) is 24.3 Å². The molecule has 0 atom stereocenters. The summed E-state index contributed by atoms with van der Waals surface area (Å²) in [4.78, 5) is 5.28. The van der Waals surface area contributed by atoms with Crippen LogP contribution in [-0.4, -0.2) is 18.8 Å². The SMILES string of the molecule is CCN=C(N)Nc1ccc(SC)cc1. The van der Waals surface area contributed by atoms with Crippen molar-refractivity contribution < 1.29 is 0 Å². The molecule has 3 nitrogen and oxygen atoms in total. The molecule has 4 heteroatoms. The van der Waals surface area contributed by atoms with Crippen LogP contribution in [0, 0.1) is 0 Å². The minimum atomic E-state index is 0.462. The van der Waals surface area contributed by atoms with E-state index in [1.54, 1.807) is 11.8 Å². The Morgan fingerprint density at radius 1 is 1.43 bits per heavy atom. The first-order valence-electron chi connectivity index (χ1n) is 4.47. The molecule has 0 unspecified atom stereocenters. The van der Waals surface area contributed by atoms with Gasteiger partial charge in [0.2, 0.25) is 0 Å². The molecule has 0 radical (unpaired) electrons. The summed E-state index contributed by atoms with van der Waals surface area (Å²) in [6, 6.07) is 8.08. The Bertz CT molecular complexity index is 306. The van der Waals surface area contributed by atoms with E-state index in [0.29, 0.717) is 12.5 Å². The molecule has 1 aromatic carbocycles. The number of nitrogens with one attached hydrogen (secondary N) is 1. The molecule has 0 aromatic heterocycles. The van der Waals surface area contributed by atoms with Crippen LogP contribution in [0.15, 0.2) is 34.2 Å². The van der Waals surface area contributed by atoms with E-state index in [1.807, 2.05) is 31.2 Å². The van der Waals surface area contributed by atoms with Gasteiger partial charge in [0.15, 0.2) is 5.96 Å². The summed E-state index contributed by atoms with van der Waals surface area (Å²) < 4.78 is 0. The van der Waals surface area contributed by atoms with Crippen LogP contribution in [0.1, 0.15) is 6.92 Å². The van der Waals surface area contributed by atoms with E-state index in [2.05, 4.69) is 16.6 Å². The maximum atomic E-state index is 5.62. The highest BCUT2D eigenvalue weighted by Gasteiger charge is 1.94. The van der Waals surface area contributed by atoms with Crippen LogP contribution < -0.4 is 11.1 Å². The molecule has 0 heterocycles. The van der Waals surface area contributed by atoms with Crippen LogP contribution in [0.5, 0.6) is 0 Å². The lowest BCUT2D eigenvalue weighted by molar-refractivity contribution is 1.12. The standard InChI is InChI=1S/C10H15N3S/c1-3-12-10(11)13-8-4-6-9(14-2)7-5-8/h4-7H,3H2,1-2H3,(H3,11,12,13). The Balaban J connectivity index is 2.64. The lowest BCUT2D eigenvalue weighted by atomic mass is 10.3. The number of hydrogen-bond acceptors (Lipinski definition) is 2. The van der Waals surface area contributed by atoms with Crippen molar-refractivity contribution in [1.29, 1.82) is 0 Å². The number of anilines is 1. The van der Waals surface area contributed by atoms with Gasteiger partial charge in [0.05, 0.1) is 0 Å². The number of aliphatic imine (C=N–C) groups is 1. The Hall–Kier alpha value is -1.16. The van der Waals surface area contributed by atoms with Gasteiger partial charge in [0, 0.05) is 17.1 Å². The molecular formula is C10H15N3S. The van der Waals surface area contributed by atoms with Gasteiger partial charge in [-0.15, -0.1) is 11.8 Å². The summed E-state index contributed by atoms with van der Waals surface area (Å²) in [6.07, 6.45) is 2.05. The smallest absolute Gasteiger partial charge is 0.193 e. The molecule has 0 aliphatic heterocycles. The normalized spacial score (nSPS) is 11.4. The number of benzene rings is 1. The molecule has 0 spiro atoms. The van der Waals surface area contributed by atoms with E-state index >= 15 is 0 Å². The lowest BCUT2D eigenvalue weighted by Crippen LogP contribution is -2.22. The van der Waals surface area contributed by atoms with Gasteiger partial charge in [0.1, 0.15) is 0 Å². The Morgan fingerprint density at radius 2 is 2.07 bits per heavy atom. The topological polar surface area (TPSA) is 50.4 Å². The third kappa shape index (κ3) is 3.30. The van der Waals surface area contributed by atoms with Gasteiger partial charge < -0.3 is 11.1 Å². The van der Waals surface area contributed by atoms with Crippen LogP contribution in [0.4, 0.5) is 5.69 Å². The molecule has 0 aliphatic carbocycles. The summed E-state index contributed by atoms with van der Waals surface area (Å²) in [7, 11) is 0. The highest BCUT2D eigenvalue weighted by molar-refractivity contribution is 7.98. The zero-order valence-electron chi connectivity index (χ0n) is 8.45. The van der Waals surface area contributed by atoms with Crippen LogP contribution in [0.3, 0.4) is 0 Å². The average molecular weight is 209 g/mol. The van der Waals surface area contributed by atoms with E-state index in [1.165, 1.54) is 4.90 Å². The van der Waals surface area contributed by atoms with Gasteiger partial charge >= 0.3 is 0 Å². The van der Waals surface area contributed by atoms with Gasteiger partial charge in [-0.25, -0.2) is 0 Å². The van der Waals surface area contributed by atoms with E-state index < -0.39 is 0 Å². The minimum absolute atomic E-state index is 0.462. The predicted octanol–water partition coefficient (Wildman–Crippen LogP) is 2.16. The van der Waals surface area contributed by atoms with Gasteiger partial charge in [-0.05, 0) is 37.4 Å². The third-order valence-electron chi connectivity index (χ3n) is 1.69. The zero-order chi connectivity index (χ0) is 10.4. The second kappa shape index (κ2) is 5.54. The number of rotatable bonds is 3. The second-order valence-electron chi connectivity index (χ2n) is 2.71. The predicted molar refractivity (Wildman–Crippen MR) is 64.0 cm³/mol. The van der Waals surface area contributed by atoms with Crippen molar-refractivity contribution in [2.75, 3.05) is 18.1 Å². The summed E-state index contributed by atoms with van der Waals surface area (Å²) in [5.74, 6) is 0.462. The minimum Gasteiger partial charge on any atom is -0.370 e. The van der Waals surface area contributed by atoms with Crippen LogP contribution in [0.2, 0.25) is 0 Å². The fourth-order valence-corrected chi connectivity index (χ4v) is 1.44. The molecule has 0 amide bonds. The number of thioether (sulfide) groups is 1. The third-order valence-corrected chi connectivity index (χ3v) is 2.43. The molecule has 1 aromatic rings. The molecule has 14 heavy (non-hydrogen) atoms. The van der Waals surface area contributed by atoms with E-state index in [0.717, 1.165) is 5.69 Å². The van der Waals surface area contributed by atoms with Crippen molar-refractivity contribution in [1.82, 2.24) is 0 Å². The zero-order valence-corrected chi connectivity index (χ0v) is 9.27. The van der Waals surface area contributed by atoms with Gasteiger partial charge in [0.25, 0.3) is 0 Å². The number of hydrogen-bond donors (Lipinski definition) is 2.